The van der Waals surface area contributed by atoms with E-state index in [2.05, 4.69) is 12.2 Å². The Balaban J connectivity index is 1.96. The molecular weight excluding hydrogens is 212 g/mol. The van der Waals surface area contributed by atoms with Gasteiger partial charge in [-0.15, -0.1) is 11.8 Å². The van der Waals surface area contributed by atoms with Crippen molar-refractivity contribution in [1.29, 1.82) is 0 Å². The summed E-state index contributed by atoms with van der Waals surface area (Å²) < 4.78 is 5.40. The van der Waals surface area contributed by atoms with E-state index in [0.717, 1.165) is 24.6 Å². The second kappa shape index (κ2) is 5.18. The molecule has 0 aromatic heterocycles. The number of carbonyl (C=O) groups is 1. The molecule has 0 aromatic carbocycles. The monoisotopic (exact) mass is 230 g/mol. The third-order valence-corrected chi connectivity index (χ3v) is 3.94. The van der Waals surface area contributed by atoms with Crippen LogP contribution in [0.2, 0.25) is 0 Å². The van der Waals surface area contributed by atoms with Crippen molar-refractivity contribution in [2.45, 2.75) is 25.4 Å². The maximum Gasteiger partial charge on any atom is 0.240 e. The van der Waals surface area contributed by atoms with Crippen LogP contribution in [0.25, 0.3) is 0 Å². The van der Waals surface area contributed by atoms with Gasteiger partial charge in [0.1, 0.15) is 0 Å². The highest BCUT2D eigenvalue weighted by Crippen LogP contribution is 2.16. The molecule has 5 heteroatoms. The first-order chi connectivity index (χ1) is 7.33. The molecule has 0 aromatic rings. The Hall–Kier alpha value is -0.260. The second-order valence-electron chi connectivity index (χ2n) is 3.94. The van der Waals surface area contributed by atoms with Crippen LogP contribution >= 0.6 is 11.8 Å². The van der Waals surface area contributed by atoms with Crippen LogP contribution in [0.3, 0.4) is 0 Å². The quantitative estimate of drug-likeness (QED) is 0.740. The summed E-state index contributed by atoms with van der Waals surface area (Å²) in [5.41, 5.74) is 0. The summed E-state index contributed by atoms with van der Waals surface area (Å²) >= 11 is 1.79. The molecule has 2 unspecified atom stereocenters. The normalized spacial score (nSPS) is 31.9. The average molecular weight is 230 g/mol. The minimum absolute atomic E-state index is 0.0298. The smallest absolute Gasteiger partial charge is 0.240 e. The zero-order valence-corrected chi connectivity index (χ0v) is 9.89. The molecule has 2 aliphatic heterocycles. The Morgan fingerprint density at radius 1 is 1.67 bits per heavy atom. The number of morpholine rings is 1. The van der Waals surface area contributed by atoms with Crippen molar-refractivity contribution in [3.05, 3.63) is 0 Å². The molecule has 0 aliphatic carbocycles. The molecule has 0 bridgehead atoms. The highest BCUT2D eigenvalue weighted by atomic mass is 32.2. The minimum atomic E-state index is 0.0298. The zero-order valence-electron chi connectivity index (χ0n) is 9.07. The predicted molar refractivity (Wildman–Crippen MR) is 60.9 cm³/mol. The lowest BCUT2D eigenvalue weighted by molar-refractivity contribution is -0.141. The molecule has 0 radical (unpaired) electrons. The number of amides is 1. The van der Waals surface area contributed by atoms with Gasteiger partial charge in [0.15, 0.2) is 0 Å². The van der Waals surface area contributed by atoms with Crippen molar-refractivity contribution in [2.24, 2.45) is 0 Å². The molecule has 2 fully saturated rings. The largest absolute Gasteiger partial charge is 0.377 e. The van der Waals surface area contributed by atoms with E-state index in [4.69, 9.17) is 4.74 Å². The fourth-order valence-electron chi connectivity index (χ4n) is 2.04. The van der Waals surface area contributed by atoms with E-state index < -0.39 is 0 Å². The highest BCUT2D eigenvalue weighted by Gasteiger charge is 2.32. The van der Waals surface area contributed by atoms with E-state index in [1.807, 2.05) is 4.90 Å². The highest BCUT2D eigenvalue weighted by molar-refractivity contribution is 7.99. The van der Waals surface area contributed by atoms with Gasteiger partial charge in [-0.25, -0.2) is 0 Å². The second-order valence-corrected chi connectivity index (χ2v) is 4.97. The molecule has 2 saturated heterocycles. The van der Waals surface area contributed by atoms with Crippen LogP contribution in [0.5, 0.6) is 0 Å². The number of hydrogen-bond acceptors (Lipinski definition) is 4. The van der Waals surface area contributed by atoms with Crippen molar-refractivity contribution in [1.82, 2.24) is 10.2 Å². The molecule has 1 amide bonds. The number of nitrogens with one attached hydrogen (secondary N) is 1. The van der Waals surface area contributed by atoms with Crippen molar-refractivity contribution < 1.29 is 9.53 Å². The van der Waals surface area contributed by atoms with Crippen LogP contribution in [-0.2, 0) is 9.53 Å². The van der Waals surface area contributed by atoms with Gasteiger partial charge in [0, 0.05) is 18.2 Å². The van der Waals surface area contributed by atoms with Gasteiger partial charge >= 0.3 is 0 Å². The minimum Gasteiger partial charge on any atom is -0.377 e. The number of carbonyl (C=O) groups excluding carboxylic acids is 1. The van der Waals surface area contributed by atoms with Gasteiger partial charge in [0.05, 0.1) is 25.3 Å². The molecule has 4 nitrogen and oxygen atoms in total. The van der Waals surface area contributed by atoms with E-state index in [1.54, 1.807) is 11.8 Å². The first-order valence-corrected chi connectivity index (χ1v) is 6.67. The summed E-state index contributed by atoms with van der Waals surface area (Å²) in [4.78, 5) is 14.2. The Kier molecular flexibility index (Phi) is 3.88. The Morgan fingerprint density at radius 3 is 3.20 bits per heavy atom. The maximum absolute atomic E-state index is 12.2. The fraction of sp³-hybridized carbons (Fsp3) is 0.900. The summed E-state index contributed by atoms with van der Waals surface area (Å²) in [6, 6.07) is 0.306. The molecule has 2 aliphatic rings. The Bertz CT molecular complexity index is 231. The lowest BCUT2D eigenvalue weighted by Crippen LogP contribution is -2.54. The molecular formula is C10H18N2O2S. The summed E-state index contributed by atoms with van der Waals surface area (Å²) in [6.07, 6.45) is 0.978. The van der Waals surface area contributed by atoms with Gasteiger partial charge < -0.3 is 9.64 Å². The van der Waals surface area contributed by atoms with E-state index >= 15 is 0 Å². The Labute approximate surface area is 94.7 Å². The number of nitrogens with zero attached hydrogens (tertiary/aromatic N) is 1. The SMILES string of the molecule is CCC1COCCN1C(=O)C1CSCN1. The summed E-state index contributed by atoms with van der Waals surface area (Å²) in [5, 5.41) is 3.23. The maximum atomic E-state index is 12.2. The molecule has 86 valence electrons. The first kappa shape index (κ1) is 11.2. The standard InChI is InChI=1S/C10H18N2O2S/c1-2-8-5-14-4-3-12(8)10(13)9-6-15-7-11-9/h8-9,11H,2-7H2,1H3. The predicted octanol–water partition coefficient (Wildman–Crippen LogP) is 0.286. The fourth-order valence-corrected chi connectivity index (χ4v) is 2.97. The van der Waals surface area contributed by atoms with Crippen LogP contribution < -0.4 is 5.32 Å². The summed E-state index contributed by atoms with van der Waals surface area (Å²) in [7, 11) is 0. The van der Waals surface area contributed by atoms with Crippen molar-refractivity contribution in [3.63, 3.8) is 0 Å². The lowest BCUT2D eigenvalue weighted by Gasteiger charge is -2.36. The third kappa shape index (κ3) is 2.46. The zero-order chi connectivity index (χ0) is 10.7. The van der Waals surface area contributed by atoms with Crippen LogP contribution in [0, 0.1) is 0 Å². The van der Waals surface area contributed by atoms with E-state index in [-0.39, 0.29) is 18.0 Å². The van der Waals surface area contributed by atoms with Crippen molar-refractivity contribution in [2.75, 3.05) is 31.4 Å². The topological polar surface area (TPSA) is 41.6 Å². The molecule has 2 rings (SSSR count). The van der Waals surface area contributed by atoms with Crippen LogP contribution in [0.4, 0.5) is 0 Å². The number of hydrogen-bond donors (Lipinski definition) is 1. The van der Waals surface area contributed by atoms with Crippen LogP contribution in [0.1, 0.15) is 13.3 Å². The number of rotatable bonds is 2. The van der Waals surface area contributed by atoms with Gasteiger partial charge in [-0.1, -0.05) is 6.92 Å². The van der Waals surface area contributed by atoms with Gasteiger partial charge in [-0.2, -0.15) is 0 Å². The lowest BCUT2D eigenvalue weighted by atomic mass is 10.1. The molecule has 2 atom stereocenters. The average Bonchev–Trinajstić information content (AvgIpc) is 2.81. The van der Waals surface area contributed by atoms with Gasteiger partial charge in [0.2, 0.25) is 5.91 Å². The van der Waals surface area contributed by atoms with Gasteiger partial charge in [0.25, 0.3) is 0 Å². The number of ether oxygens (including phenoxy) is 1. The van der Waals surface area contributed by atoms with Crippen LogP contribution in [-0.4, -0.2) is 54.3 Å². The van der Waals surface area contributed by atoms with Crippen LogP contribution in [0.15, 0.2) is 0 Å². The van der Waals surface area contributed by atoms with Crippen molar-refractivity contribution >= 4 is 17.7 Å². The van der Waals surface area contributed by atoms with E-state index in [0.29, 0.717) is 13.2 Å². The molecule has 1 N–H and O–H groups in total. The van der Waals surface area contributed by atoms with Gasteiger partial charge in [-0.3, -0.25) is 10.1 Å². The van der Waals surface area contributed by atoms with Gasteiger partial charge in [-0.05, 0) is 6.42 Å². The summed E-state index contributed by atoms with van der Waals surface area (Å²) in [6.45, 7) is 4.24. The third-order valence-electron chi connectivity index (χ3n) is 3.00. The molecule has 0 saturated carbocycles. The molecule has 15 heavy (non-hydrogen) atoms. The van der Waals surface area contributed by atoms with Crippen molar-refractivity contribution in [3.8, 4) is 0 Å². The first-order valence-electron chi connectivity index (χ1n) is 5.52. The Morgan fingerprint density at radius 2 is 2.53 bits per heavy atom. The molecule has 0 spiro atoms. The van der Waals surface area contributed by atoms with E-state index in [1.165, 1.54) is 0 Å². The summed E-state index contributed by atoms with van der Waals surface area (Å²) in [5.74, 6) is 2.07. The molecule has 2 heterocycles. The van der Waals surface area contributed by atoms with E-state index in [9.17, 15) is 4.79 Å². The number of thioether (sulfide) groups is 1.